The van der Waals surface area contributed by atoms with Crippen LogP contribution in [0.15, 0.2) is 18.2 Å². The highest BCUT2D eigenvalue weighted by Gasteiger charge is 2.31. The molecule has 1 aromatic heterocycles. The number of phenolic OH excluding ortho intramolecular Hbond substituents is 2. The van der Waals surface area contributed by atoms with Crippen molar-refractivity contribution < 1.29 is 29.3 Å². The Kier molecular flexibility index (Phi) is 8.09. The third kappa shape index (κ3) is 6.01. The Morgan fingerprint density at radius 3 is 2.59 bits per heavy atom. The highest BCUT2D eigenvalue weighted by atomic mass is 32.1. The second-order valence-electron chi connectivity index (χ2n) is 9.34. The monoisotopic (exact) mass is 523 g/mol. The molecule has 0 spiro atoms. The summed E-state index contributed by atoms with van der Waals surface area (Å²) in [6.45, 7) is 13.3. The van der Waals surface area contributed by atoms with Crippen LogP contribution in [0.1, 0.15) is 42.8 Å². The van der Waals surface area contributed by atoms with Gasteiger partial charge in [-0.15, -0.1) is 11.3 Å². The highest BCUT2D eigenvalue weighted by Crippen LogP contribution is 2.32. The van der Waals surface area contributed by atoms with Crippen LogP contribution >= 0.6 is 11.3 Å². The van der Waals surface area contributed by atoms with E-state index in [2.05, 4.69) is 18.1 Å². The summed E-state index contributed by atoms with van der Waals surface area (Å²) in [5, 5.41) is 30.9. The zero-order valence-electron chi connectivity index (χ0n) is 21.3. The molecule has 1 heterocycles. The lowest BCUT2D eigenvalue weighted by Crippen LogP contribution is -2.37. The summed E-state index contributed by atoms with van der Waals surface area (Å²) in [6, 6.07) is 6.82. The van der Waals surface area contributed by atoms with Gasteiger partial charge in [-0.1, -0.05) is 27.0 Å². The van der Waals surface area contributed by atoms with E-state index < -0.39 is 11.6 Å². The molecule has 1 amide bonds. The Labute approximate surface area is 218 Å². The van der Waals surface area contributed by atoms with E-state index in [1.807, 2.05) is 6.07 Å². The Bertz CT molecular complexity index is 1510. The van der Waals surface area contributed by atoms with E-state index in [1.54, 1.807) is 46.0 Å². The normalized spacial score (nSPS) is 11.2. The van der Waals surface area contributed by atoms with Crippen LogP contribution in [0.4, 0.5) is 4.79 Å². The summed E-state index contributed by atoms with van der Waals surface area (Å²) < 4.78 is 11.0. The average molecular weight is 524 g/mol. The number of benzene rings is 2. The van der Waals surface area contributed by atoms with E-state index in [9.17, 15) is 19.8 Å². The van der Waals surface area contributed by atoms with Gasteiger partial charge in [-0.05, 0) is 25.5 Å². The van der Waals surface area contributed by atoms with Crippen molar-refractivity contribution in [3.63, 3.8) is 0 Å². The van der Waals surface area contributed by atoms with E-state index in [1.165, 1.54) is 16.2 Å². The molecule has 0 bridgehead atoms. The Hall–Kier alpha value is -4.10. The van der Waals surface area contributed by atoms with Gasteiger partial charge in [-0.25, -0.2) is 9.78 Å². The predicted octanol–water partition coefficient (Wildman–Crippen LogP) is 3.44. The van der Waals surface area contributed by atoms with Gasteiger partial charge in [0.05, 0.1) is 16.8 Å². The molecule has 2 N–H and O–H groups in total. The van der Waals surface area contributed by atoms with Crippen LogP contribution in [0, 0.1) is 18.3 Å². The van der Waals surface area contributed by atoms with E-state index >= 15 is 0 Å². The lowest BCUT2D eigenvalue weighted by atomic mass is 9.78. The van der Waals surface area contributed by atoms with Crippen molar-refractivity contribution in [2.45, 2.75) is 39.0 Å². The van der Waals surface area contributed by atoms with Crippen LogP contribution < -0.4 is 15.2 Å². The van der Waals surface area contributed by atoms with Gasteiger partial charge in [-0.3, -0.25) is 4.79 Å². The van der Waals surface area contributed by atoms with Gasteiger partial charge in [0.15, 0.2) is 5.01 Å². The average Bonchev–Trinajstić information content (AvgIpc) is 3.26. The number of ether oxygens (including phenoxy) is 2. The molecule has 0 aliphatic carbocycles. The molecule has 0 aliphatic heterocycles. The molecule has 3 aromatic rings. The quantitative estimate of drug-likeness (QED) is 0.199. The number of carbonyl (C=O) groups excluding carboxylic acids is 2. The van der Waals surface area contributed by atoms with Gasteiger partial charge >= 0.3 is 6.16 Å². The van der Waals surface area contributed by atoms with E-state index in [0.29, 0.717) is 39.8 Å². The number of nitrogens with zero attached hydrogens (tertiary/aromatic N) is 3. The van der Waals surface area contributed by atoms with Crippen molar-refractivity contribution >= 4 is 46.8 Å². The largest absolute Gasteiger partial charge is 0.513 e. The van der Waals surface area contributed by atoms with Crippen LogP contribution in [-0.4, -0.2) is 52.4 Å². The summed E-state index contributed by atoms with van der Waals surface area (Å²) in [4.78, 5) is 30.6. The molecule has 0 atom stereocenters. The van der Waals surface area contributed by atoms with Gasteiger partial charge in [0.2, 0.25) is 5.91 Å². The summed E-state index contributed by atoms with van der Waals surface area (Å²) in [6.07, 6.45) is -0.434. The van der Waals surface area contributed by atoms with Crippen molar-refractivity contribution in [2.75, 3.05) is 20.2 Å². The van der Waals surface area contributed by atoms with Crippen LogP contribution in [0.3, 0.4) is 0 Å². The SMILES string of the molecule is C=c1c(C)c(O)c(=C)c(C(C)(C)CC(=O)N(C)CCCOC(=O)Oc2ccc3nc(C#N)sc3c2)c1O. The van der Waals surface area contributed by atoms with E-state index in [0.717, 1.165) is 4.70 Å². The van der Waals surface area contributed by atoms with Gasteiger partial charge in [0.25, 0.3) is 0 Å². The maximum absolute atomic E-state index is 12.9. The fraction of sp³-hybridized carbons (Fsp3) is 0.333. The third-order valence-electron chi connectivity index (χ3n) is 6.13. The fourth-order valence-corrected chi connectivity index (χ4v) is 4.80. The summed E-state index contributed by atoms with van der Waals surface area (Å²) in [7, 11) is 1.64. The van der Waals surface area contributed by atoms with Crippen LogP contribution in [0.2, 0.25) is 0 Å². The summed E-state index contributed by atoms with van der Waals surface area (Å²) in [5.74, 6) is -0.0327. The minimum absolute atomic E-state index is 0.0434. The second-order valence-corrected chi connectivity index (χ2v) is 10.4. The zero-order chi connectivity index (χ0) is 27.5. The Morgan fingerprint density at radius 2 is 1.92 bits per heavy atom. The van der Waals surface area contributed by atoms with Crippen molar-refractivity contribution in [1.82, 2.24) is 9.88 Å². The van der Waals surface area contributed by atoms with Gasteiger partial charge in [-0.2, -0.15) is 5.26 Å². The predicted molar refractivity (Wildman–Crippen MR) is 141 cm³/mol. The van der Waals surface area contributed by atoms with Gasteiger partial charge < -0.3 is 24.6 Å². The Morgan fingerprint density at radius 1 is 1.22 bits per heavy atom. The first kappa shape index (κ1) is 27.5. The first-order valence-electron chi connectivity index (χ1n) is 11.5. The molecule has 0 fully saturated rings. The number of aromatic hydroxyl groups is 2. The molecule has 9 nitrogen and oxygen atoms in total. The standard InChI is InChI=1S/C27H29N3O6S/c1-15-16(2)25(33)23(17(3)24(15)32)27(4,5)13-22(31)30(6)10-7-11-35-26(34)36-18-8-9-19-20(12-18)37-21(14-28)29-19/h8-9,12,32-33H,2-3,7,10-11,13H2,1,4-6H3. The molecule has 37 heavy (non-hydrogen) atoms. The summed E-state index contributed by atoms with van der Waals surface area (Å²) >= 11 is 1.20. The van der Waals surface area contributed by atoms with Crippen LogP contribution in [0.25, 0.3) is 23.4 Å². The topological polar surface area (TPSA) is 133 Å². The van der Waals surface area contributed by atoms with Crippen LogP contribution in [-0.2, 0) is 14.9 Å². The first-order valence-corrected chi connectivity index (χ1v) is 12.3. The van der Waals surface area contributed by atoms with Crippen molar-refractivity contribution in [2.24, 2.45) is 0 Å². The number of phenols is 2. The number of fused-ring (bicyclic) bond motifs is 1. The number of hydrogen-bond acceptors (Lipinski definition) is 9. The number of amides is 1. The second kappa shape index (κ2) is 10.9. The smallest absolute Gasteiger partial charge is 0.507 e. The molecule has 2 aromatic carbocycles. The molecular weight excluding hydrogens is 494 g/mol. The molecule has 0 radical (unpaired) electrons. The Balaban J connectivity index is 1.51. The number of aromatic nitrogens is 1. The molecular formula is C27H29N3O6S. The van der Waals surface area contributed by atoms with Crippen molar-refractivity contribution in [3.05, 3.63) is 44.8 Å². The molecule has 3 rings (SSSR count). The number of rotatable bonds is 8. The van der Waals surface area contributed by atoms with E-state index in [-0.39, 0.29) is 41.4 Å². The fourth-order valence-electron chi connectivity index (χ4n) is 4.01. The maximum Gasteiger partial charge on any atom is 0.513 e. The molecule has 0 unspecified atom stereocenters. The number of nitriles is 1. The molecule has 10 heteroatoms. The third-order valence-corrected chi connectivity index (χ3v) is 7.05. The molecule has 0 aliphatic rings. The minimum atomic E-state index is -0.874. The zero-order valence-corrected chi connectivity index (χ0v) is 22.1. The molecule has 0 saturated carbocycles. The van der Waals surface area contributed by atoms with Crippen LogP contribution in [0.5, 0.6) is 17.2 Å². The van der Waals surface area contributed by atoms with Gasteiger partial charge in [0, 0.05) is 53.1 Å². The lowest BCUT2D eigenvalue weighted by Gasteiger charge is -2.29. The minimum Gasteiger partial charge on any atom is -0.507 e. The number of hydrogen-bond donors (Lipinski definition) is 2. The van der Waals surface area contributed by atoms with Crippen molar-refractivity contribution in [3.8, 4) is 23.3 Å². The molecule has 194 valence electrons. The maximum atomic E-state index is 12.9. The summed E-state index contributed by atoms with van der Waals surface area (Å²) in [5.41, 5.74) is 0.651. The van der Waals surface area contributed by atoms with Gasteiger partial charge in [0.1, 0.15) is 23.3 Å². The highest BCUT2D eigenvalue weighted by molar-refractivity contribution is 7.19. The first-order chi connectivity index (χ1) is 17.4. The van der Waals surface area contributed by atoms with E-state index in [4.69, 9.17) is 14.7 Å². The lowest BCUT2D eigenvalue weighted by molar-refractivity contribution is -0.131. The number of thiazole rings is 1. The number of carbonyl (C=O) groups is 2. The molecule has 0 saturated heterocycles. The van der Waals surface area contributed by atoms with Crippen molar-refractivity contribution in [1.29, 1.82) is 5.26 Å².